The van der Waals surface area contributed by atoms with Crippen LogP contribution in [0.5, 0.6) is 28.7 Å². The second kappa shape index (κ2) is 15.4. The van der Waals surface area contributed by atoms with Crippen LogP contribution in [0.4, 0.5) is 11.5 Å². The summed E-state index contributed by atoms with van der Waals surface area (Å²) in [5, 5.41) is 3.98. The number of benzene rings is 3. The van der Waals surface area contributed by atoms with Gasteiger partial charge in [-0.3, -0.25) is 0 Å². The molecule has 1 aromatic heterocycles. The Morgan fingerprint density at radius 1 is 0.930 bits per heavy atom. The van der Waals surface area contributed by atoms with Crippen molar-refractivity contribution in [1.29, 1.82) is 0 Å². The highest BCUT2D eigenvalue weighted by molar-refractivity contribution is 5.94. The van der Waals surface area contributed by atoms with Crippen LogP contribution in [0, 0.1) is 0 Å². The van der Waals surface area contributed by atoms with Gasteiger partial charge >= 0.3 is 5.97 Å². The molecule has 226 valence electrons. The maximum Gasteiger partial charge on any atom is 0.335 e. The van der Waals surface area contributed by atoms with Crippen LogP contribution in [0.25, 0.3) is 10.9 Å². The van der Waals surface area contributed by atoms with Gasteiger partial charge in [0.1, 0.15) is 18.8 Å². The van der Waals surface area contributed by atoms with Crippen LogP contribution in [0.2, 0.25) is 0 Å². The minimum atomic E-state index is -0.654. The zero-order valence-electron chi connectivity index (χ0n) is 25.1. The lowest BCUT2D eigenvalue weighted by molar-refractivity contribution is -0.129. The molecule has 10 nitrogen and oxygen atoms in total. The summed E-state index contributed by atoms with van der Waals surface area (Å²) in [4.78, 5) is 23.7. The van der Waals surface area contributed by atoms with E-state index in [1.807, 2.05) is 42.5 Å². The number of hydrogen-bond donors (Lipinski definition) is 1. The fourth-order valence-electron chi connectivity index (χ4n) is 4.49. The molecule has 10 heteroatoms. The van der Waals surface area contributed by atoms with E-state index in [0.29, 0.717) is 46.3 Å². The number of rotatable bonds is 16. The molecule has 0 aliphatic carbocycles. The van der Waals surface area contributed by atoms with Gasteiger partial charge < -0.3 is 33.9 Å². The molecule has 0 aliphatic heterocycles. The van der Waals surface area contributed by atoms with Crippen LogP contribution in [0.3, 0.4) is 0 Å². The van der Waals surface area contributed by atoms with E-state index in [4.69, 9.17) is 23.7 Å². The molecule has 0 saturated carbocycles. The second-order valence-electron chi connectivity index (χ2n) is 9.47. The lowest BCUT2D eigenvalue weighted by Crippen LogP contribution is -2.25. The third-order valence-electron chi connectivity index (χ3n) is 6.84. The zero-order valence-corrected chi connectivity index (χ0v) is 25.1. The number of methoxy groups -OCH3 is 2. The van der Waals surface area contributed by atoms with Gasteiger partial charge in [-0.2, -0.15) is 0 Å². The predicted octanol–water partition coefficient (Wildman–Crippen LogP) is 6.17. The fourth-order valence-corrected chi connectivity index (χ4v) is 4.49. The van der Waals surface area contributed by atoms with E-state index in [1.54, 1.807) is 19.2 Å². The summed E-state index contributed by atoms with van der Waals surface area (Å²) >= 11 is 0. The topological polar surface area (TPSA) is 104 Å². The number of carbonyl (C=O) groups is 1. The first-order valence-corrected chi connectivity index (χ1v) is 14.2. The van der Waals surface area contributed by atoms with Gasteiger partial charge in [-0.05, 0) is 43.3 Å². The van der Waals surface area contributed by atoms with Gasteiger partial charge in [0.25, 0.3) is 0 Å². The second-order valence-corrected chi connectivity index (χ2v) is 9.47. The summed E-state index contributed by atoms with van der Waals surface area (Å²) in [6, 6.07) is 16.8. The Bertz CT molecular complexity index is 1530. The van der Waals surface area contributed by atoms with Crippen LogP contribution in [0.15, 0.2) is 73.6 Å². The Morgan fingerprint density at radius 3 is 2.40 bits per heavy atom. The fraction of sp³-hybridized carbons (Fsp3) is 0.303. The van der Waals surface area contributed by atoms with Crippen molar-refractivity contribution in [3.05, 3.63) is 79.1 Å². The average Bonchev–Trinajstić information content (AvgIpc) is 3.04. The molecule has 1 N–H and O–H groups in total. The standard InChI is InChI=1S/C33H38N4O6/c1-6-30(38)43-31-25(15-16-27(39-4)32(31)42-21-23-13-10-9-11-14-23)36-33-24-19-29(41-18-12-17-37(7-2)8-3)28(40-5)20-26(24)34-22-35-33/h6,9-11,13-16,19-20,22H,1,7-8,12,17-18,21H2,2-5H3,(H,34,35,36). The third-order valence-corrected chi connectivity index (χ3v) is 6.84. The van der Waals surface area contributed by atoms with Crippen LogP contribution in [-0.2, 0) is 11.4 Å². The van der Waals surface area contributed by atoms with E-state index >= 15 is 0 Å². The first-order chi connectivity index (χ1) is 21.0. The molecular formula is C33H38N4O6. The van der Waals surface area contributed by atoms with Gasteiger partial charge in [0.2, 0.25) is 5.75 Å². The maximum atomic E-state index is 12.4. The highest BCUT2D eigenvalue weighted by Gasteiger charge is 2.22. The van der Waals surface area contributed by atoms with Crippen LogP contribution in [0.1, 0.15) is 25.8 Å². The minimum absolute atomic E-state index is 0.133. The molecule has 0 atom stereocenters. The number of nitrogens with zero attached hydrogens (tertiary/aromatic N) is 3. The number of esters is 1. The Hall–Kier alpha value is -4.83. The molecule has 43 heavy (non-hydrogen) atoms. The van der Waals surface area contributed by atoms with Crippen molar-refractivity contribution in [2.45, 2.75) is 26.9 Å². The van der Waals surface area contributed by atoms with Gasteiger partial charge in [0, 0.05) is 24.1 Å². The van der Waals surface area contributed by atoms with Crippen molar-refractivity contribution in [2.75, 3.05) is 45.8 Å². The molecule has 0 unspecified atom stereocenters. The number of ether oxygens (including phenoxy) is 5. The van der Waals surface area contributed by atoms with E-state index < -0.39 is 5.97 Å². The Balaban J connectivity index is 1.69. The van der Waals surface area contributed by atoms with E-state index in [9.17, 15) is 4.79 Å². The number of anilines is 2. The molecule has 0 aliphatic rings. The smallest absolute Gasteiger partial charge is 0.335 e. The lowest BCUT2D eigenvalue weighted by Gasteiger charge is -2.19. The lowest BCUT2D eigenvalue weighted by atomic mass is 10.2. The van der Waals surface area contributed by atoms with Gasteiger partial charge in [-0.1, -0.05) is 50.8 Å². The molecule has 1 heterocycles. The van der Waals surface area contributed by atoms with Gasteiger partial charge in [-0.25, -0.2) is 14.8 Å². The summed E-state index contributed by atoms with van der Waals surface area (Å²) in [6.45, 7) is 11.5. The predicted molar refractivity (Wildman–Crippen MR) is 167 cm³/mol. The maximum absolute atomic E-state index is 12.4. The van der Waals surface area contributed by atoms with Crippen LogP contribution < -0.4 is 29.0 Å². The SMILES string of the molecule is C=CC(=O)Oc1c(Nc2ncnc3cc(OC)c(OCCCN(CC)CC)cc23)ccc(OC)c1OCc1ccccc1. The molecule has 0 fully saturated rings. The van der Waals surface area contributed by atoms with Crippen molar-refractivity contribution >= 4 is 28.4 Å². The monoisotopic (exact) mass is 586 g/mol. The van der Waals surface area contributed by atoms with Crippen molar-refractivity contribution in [3.8, 4) is 28.7 Å². The third kappa shape index (κ3) is 7.92. The summed E-state index contributed by atoms with van der Waals surface area (Å²) in [6.07, 6.45) is 3.40. The molecular weight excluding hydrogens is 548 g/mol. The van der Waals surface area contributed by atoms with Gasteiger partial charge in [0.05, 0.1) is 32.0 Å². The first-order valence-electron chi connectivity index (χ1n) is 14.2. The molecule has 0 bridgehead atoms. The largest absolute Gasteiger partial charge is 0.493 e. The van der Waals surface area contributed by atoms with Crippen LogP contribution >= 0.6 is 0 Å². The summed E-state index contributed by atoms with van der Waals surface area (Å²) < 4.78 is 29.1. The molecule has 3 aromatic carbocycles. The van der Waals surface area contributed by atoms with Crippen molar-refractivity contribution in [2.24, 2.45) is 0 Å². The summed E-state index contributed by atoms with van der Waals surface area (Å²) in [5.74, 6) is 1.74. The number of nitrogens with one attached hydrogen (secondary N) is 1. The Labute approximate surface area is 252 Å². The van der Waals surface area contributed by atoms with Crippen LogP contribution in [-0.4, -0.2) is 61.3 Å². The van der Waals surface area contributed by atoms with Gasteiger partial charge in [-0.15, -0.1) is 0 Å². The van der Waals surface area contributed by atoms with E-state index in [-0.39, 0.29) is 18.1 Å². The number of aromatic nitrogens is 2. The van der Waals surface area contributed by atoms with E-state index in [0.717, 1.165) is 37.7 Å². The highest BCUT2D eigenvalue weighted by atomic mass is 16.6. The first kappa shape index (κ1) is 31.1. The summed E-state index contributed by atoms with van der Waals surface area (Å²) in [5.41, 5.74) is 2.00. The molecule has 4 aromatic rings. The Kier molecular flexibility index (Phi) is 11.2. The zero-order chi connectivity index (χ0) is 30.6. The normalized spacial score (nSPS) is 10.8. The highest BCUT2D eigenvalue weighted by Crippen LogP contribution is 2.45. The average molecular weight is 587 g/mol. The van der Waals surface area contributed by atoms with Crippen molar-refractivity contribution in [3.63, 3.8) is 0 Å². The minimum Gasteiger partial charge on any atom is -0.493 e. The van der Waals surface area contributed by atoms with E-state index in [1.165, 1.54) is 13.4 Å². The molecule has 4 rings (SSSR count). The number of hydrogen-bond acceptors (Lipinski definition) is 10. The van der Waals surface area contributed by atoms with E-state index in [2.05, 4.69) is 40.6 Å². The Morgan fingerprint density at radius 2 is 1.70 bits per heavy atom. The quantitative estimate of drug-likeness (QED) is 0.0709. The number of fused-ring (bicyclic) bond motifs is 1. The van der Waals surface area contributed by atoms with Crippen molar-refractivity contribution in [1.82, 2.24) is 14.9 Å². The molecule has 0 radical (unpaired) electrons. The van der Waals surface area contributed by atoms with Gasteiger partial charge in [0.15, 0.2) is 23.0 Å². The van der Waals surface area contributed by atoms with Crippen molar-refractivity contribution < 1.29 is 28.5 Å². The molecule has 0 amide bonds. The molecule has 0 saturated heterocycles. The number of carbonyl (C=O) groups excluding carboxylic acids is 1. The summed E-state index contributed by atoms with van der Waals surface area (Å²) in [7, 11) is 3.12. The molecule has 0 spiro atoms.